The molecule has 2 fully saturated rings. The molecule has 20 heavy (non-hydrogen) atoms. The molecule has 108 valence electrons. The van der Waals surface area contributed by atoms with Crippen LogP contribution in [-0.4, -0.2) is 24.7 Å². The summed E-state index contributed by atoms with van der Waals surface area (Å²) in [5.74, 6) is -0.0292. The summed E-state index contributed by atoms with van der Waals surface area (Å²) in [5.41, 5.74) is 6.40. The molecular weight excluding hydrogens is 276 g/mol. The van der Waals surface area contributed by atoms with Gasteiger partial charge in [-0.3, -0.25) is 4.79 Å². The normalized spacial score (nSPS) is 27.3. The average molecular weight is 295 g/mol. The van der Waals surface area contributed by atoms with Crippen molar-refractivity contribution < 1.29 is 9.53 Å². The Hall–Kier alpha value is -1.10. The van der Waals surface area contributed by atoms with E-state index in [1.807, 2.05) is 24.3 Å². The quantitative estimate of drug-likeness (QED) is 0.892. The first-order chi connectivity index (χ1) is 9.63. The van der Waals surface area contributed by atoms with Crippen LogP contribution in [0.4, 0.5) is 0 Å². The maximum absolute atomic E-state index is 12.3. The highest BCUT2D eigenvalue weighted by Crippen LogP contribution is 2.46. The van der Waals surface area contributed by atoms with Crippen molar-refractivity contribution in [2.24, 2.45) is 5.73 Å². The Morgan fingerprint density at radius 1 is 1.45 bits per heavy atom. The Balaban J connectivity index is 1.67. The highest BCUT2D eigenvalue weighted by atomic mass is 35.5. The van der Waals surface area contributed by atoms with Crippen LogP contribution in [0, 0.1) is 0 Å². The fourth-order valence-electron chi connectivity index (χ4n) is 2.79. The summed E-state index contributed by atoms with van der Waals surface area (Å²) in [4.78, 5) is 12.3. The van der Waals surface area contributed by atoms with Crippen molar-refractivity contribution in [1.29, 1.82) is 0 Å². The number of nitrogens with one attached hydrogen (secondary N) is 1. The first kappa shape index (κ1) is 13.9. The Bertz CT molecular complexity index is 516. The summed E-state index contributed by atoms with van der Waals surface area (Å²) in [6.07, 6.45) is 3.17. The van der Waals surface area contributed by atoms with Crippen molar-refractivity contribution in [3.63, 3.8) is 0 Å². The largest absolute Gasteiger partial charge is 0.364 e. The molecule has 1 heterocycles. The summed E-state index contributed by atoms with van der Waals surface area (Å²) in [5, 5.41) is 3.83. The van der Waals surface area contributed by atoms with Gasteiger partial charge in [0, 0.05) is 11.6 Å². The second-order valence-electron chi connectivity index (χ2n) is 5.64. The minimum Gasteiger partial charge on any atom is -0.364 e. The second-order valence-corrected chi connectivity index (χ2v) is 6.08. The van der Waals surface area contributed by atoms with E-state index in [-0.39, 0.29) is 23.7 Å². The molecule has 4 nitrogen and oxygen atoms in total. The second kappa shape index (κ2) is 5.35. The third-order valence-electron chi connectivity index (χ3n) is 4.15. The number of hydrogen-bond acceptors (Lipinski definition) is 3. The van der Waals surface area contributed by atoms with E-state index in [4.69, 9.17) is 22.1 Å². The van der Waals surface area contributed by atoms with Gasteiger partial charge in [-0.2, -0.15) is 0 Å². The van der Waals surface area contributed by atoms with E-state index in [1.165, 1.54) is 0 Å². The fraction of sp³-hybridized carbons (Fsp3) is 0.533. The van der Waals surface area contributed by atoms with Crippen molar-refractivity contribution in [3.8, 4) is 0 Å². The third kappa shape index (κ3) is 2.68. The van der Waals surface area contributed by atoms with E-state index in [0.29, 0.717) is 11.6 Å². The molecule has 0 spiro atoms. The number of nitrogens with two attached hydrogens (primary N) is 1. The van der Waals surface area contributed by atoms with Gasteiger partial charge in [0.15, 0.2) is 0 Å². The Labute approximate surface area is 123 Å². The standard InChI is InChI=1S/C15H19ClN2O2/c16-11-3-1-2-10(8-11)15(6-7-15)18-14(19)13-5-4-12(9-17)20-13/h1-3,8,12-13H,4-7,9,17H2,(H,18,19)/t12-,13+/m1/s1. The van der Waals surface area contributed by atoms with Crippen molar-refractivity contribution in [1.82, 2.24) is 5.32 Å². The fourth-order valence-corrected chi connectivity index (χ4v) is 2.98. The van der Waals surface area contributed by atoms with Crippen molar-refractivity contribution in [2.75, 3.05) is 6.54 Å². The molecule has 1 amide bonds. The van der Waals surface area contributed by atoms with Crippen LogP contribution in [0.1, 0.15) is 31.2 Å². The van der Waals surface area contributed by atoms with Gasteiger partial charge in [0.05, 0.1) is 11.6 Å². The van der Waals surface area contributed by atoms with Crippen LogP contribution >= 0.6 is 11.6 Å². The van der Waals surface area contributed by atoms with Crippen LogP contribution in [0.5, 0.6) is 0 Å². The lowest BCUT2D eigenvalue weighted by Crippen LogP contribution is -2.42. The molecule has 2 aliphatic rings. The molecule has 3 N–H and O–H groups in total. The van der Waals surface area contributed by atoms with Crippen molar-refractivity contribution in [2.45, 2.75) is 43.4 Å². The summed E-state index contributed by atoms with van der Waals surface area (Å²) >= 11 is 6.03. The Morgan fingerprint density at radius 3 is 2.85 bits per heavy atom. The number of amides is 1. The summed E-state index contributed by atoms with van der Waals surface area (Å²) in [6, 6.07) is 7.69. The topological polar surface area (TPSA) is 64.4 Å². The molecular formula is C15H19ClN2O2. The van der Waals surface area contributed by atoms with E-state index in [9.17, 15) is 4.79 Å². The van der Waals surface area contributed by atoms with E-state index in [2.05, 4.69) is 5.32 Å². The molecule has 2 atom stereocenters. The molecule has 0 aromatic heterocycles. The number of carbonyl (C=O) groups excluding carboxylic acids is 1. The predicted octanol–water partition coefficient (Wildman–Crippen LogP) is 1.95. The van der Waals surface area contributed by atoms with Gasteiger partial charge in [0.25, 0.3) is 0 Å². The number of halogens is 1. The Kier molecular flexibility index (Phi) is 3.71. The molecule has 3 rings (SSSR count). The minimum absolute atomic E-state index is 0.0204. The van der Waals surface area contributed by atoms with Gasteiger partial charge in [0.1, 0.15) is 6.10 Å². The molecule has 1 aromatic rings. The minimum atomic E-state index is -0.361. The highest BCUT2D eigenvalue weighted by Gasteiger charge is 2.47. The molecule has 1 aromatic carbocycles. The lowest BCUT2D eigenvalue weighted by molar-refractivity contribution is -0.132. The maximum atomic E-state index is 12.3. The summed E-state index contributed by atoms with van der Waals surface area (Å²) in [6.45, 7) is 0.475. The van der Waals surface area contributed by atoms with E-state index in [1.54, 1.807) is 0 Å². The average Bonchev–Trinajstić information content (AvgIpc) is 3.06. The van der Waals surface area contributed by atoms with Gasteiger partial charge in [-0.1, -0.05) is 23.7 Å². The number of ether oxygens (including phenoxy) is 1. The van der Waals surface area contributed by atoms with Crippen LogP contribution < -0.4 is 11.1 Å². The van der Waals surface area contributed by atoms with Crippen LogP contribution in [-0.2, 0) is 15.1 Å². The van der Waals surface area contributed by atoms with Gasteiger partial charge in [-0.25, -0.2) is 0 Å². The van der Waals surface area contributed by atoms with Gasteiger partial charge >= 0.3 is 0 Å². The smallest absolute Gasteiger partial charge is 0.249 e. The maximum Gasteiger partial charge on any atom is 0.249 e. The lowest BCUT2D eigenvalue weighted by atomic mass is 10.0. The molecule has 0 bridgehead atoms. The summed E-state index contributed by atoms with van der Waals surface area (Å²) < 4.78 is 5.64. The molecule has 1 aliphatic carbocycles. The highest BCUT2D eigenvalue weighted by molar-refractivity contribution is 6.30. The number of rotatable bonds is 4. The zero-order valence-electron chi connectivity index (χ0n) is 11.3. The first-order valence-electron chi connectivity index (χ1n) is 7.06. The predicted molar refractivity (Wildman–Crippen MR) is 77.5 cm³/mol. The molecule has 0 unspecified atom stereocenters. The zero-order valence-corrected chi connectivity index (χ0v) is 12.0. The van der Waals surface area contributed by atoms with E-state index in [0.717, 1.165) is 31.2 Å². The van der Waals surface area contributed by atoms with Crippen LogP contribution in [0.15, 0.2) is 24.3 Å². The van der Waals surface area contributed by atoms with Crippen molar-refractivity contribution in [3.05, 3.63) is 34.9 Å². The van der Waals surface area contributed by atoms with Crippen molar-refractivity contribution >= 4 is 17.5 Å². The zero-order chi connectivity index (χ0) is 14.2. The monoisotopic (exact) mass is 294 g/mol. The van der Waals surface area contributed by atoms with E-state index >= 15 is 0 Å². The number of benzene rings is 1. The van der Waals surface area contributed by atoms with Gasteiger partial charge in [-0.15, -0.1) is 0 Å². The van der Waals surface area contributed by atoms with Gasteiger partial charge in [-0.05, 0) is 43.4 Å². The van der Waals surface area contributed by atoms with Crippen LogP contribution in [0.2, 0.25) is 5.02 Å². The molecule has 1 saturated carbocycles. The van der Waals surface area contributed by atoms with E-state index < -0.39 is 0 Å². The molecule has 5 heteroatoms. The lowest BCUT2D eigenvalue weighted by Gasteiger charge is -2.21. The summed E-state index contributed by atoms with van der Waals surface area (Å²) in [7, 11) is 0. The molecule has 1 aliphatic heterocycles. The SMILES string of the molecule is NC[C@H]1CC[C@@H](C(=O)NC2(c3cccc(Cl)c3)CC2)O1. The van der Waals surface area contributed by atoms with Crippen LogP contribution in [0.25, 0.3) is 0 Å². The Morgan fingerprint density at radius 2 is 2.25 bits per heavy atom. The van der Waals surface area contributed by atoms with Crippen LogP contribution in [0.3, 0.4) is 0 Å². The third-order valence-corrected chi connectivity index (χ3v) is 4.39. The first-order valence-corrected chi connectivity index (χ1v) is 7.44. The van der Waals surface area contributed by atoms with Gasteiger partial charge in [0.2, 0.25) is 5.91 Å². The van der Waals surface area contributed by atoms with Gasteiger partial charge < -0.3 is 15.8 Å². The molecule has 0 radical (unpaired) electrons. The number of carbonyl (C=O) groups is 1. The number of hydrogen-bond donors (Lipinski definition) is 2. The molecule has 1 saturated heterocycles.